The fraction of sp³-hybridized carbons (Fsp3) is 0.364. The minimum atomic E-state index is -0.286. The molecule has 0 radical (unpaired) electrons. The standard InChI is InChI=1S/C22H28O2/c1-3-16-22(23-2,17-10-15-20-11-6-4-7-12-20)19-24-18-21-13-8-5-9-14-21/h3-9,11-14H,1,10,15-19H2,2H3. The first-order valence-corrected chi connectivity index (χ1v) is 8.60. The molecule has 0 saturated carbocycles. The highest BCUT2D eigenvalue weighted by Gasteiger charge is 2.28. The van der Waals surface area contributed by atoms with E-state index in [-0.39, 0.29) is 5.60 Å². The lowest BCUT2D eigenvalue weighted by molar-refractivity contribution is -0.0833. The molecule has 2 rings (SSSR count). The van der Waals surface area contributed by atoms with Crippen molar-refractivity contribution in [1.29, 1.82) is 0 Å². The molecule has 2 aromatic carbocycles. The molecule has 0 saturated heterocycles. The van der Waals surface area contributed by atoms with Crippen LogP contribution in [0.2, 0.25) is 0 Å². The summed E-state index contributed by atoms with van der Waals surface area (Å²) in [5.74, 6) is 0. The van der Waals surface area contributed by atoms with Crippen molar-refractivity contribution in [1.82, 2.24) is 0 Å². The van der Waals surface area contributed by atoms with Crippen LogP contribution >= 0.6 is 0 Å². The molecule has 24 heavy (non-hydrogen) atoms. The first-order valence-electron chi connectivity index (χ1n) is 8.60. The largest absolute Gasteiger partial charge is 0.376 e. The average Bonchev–Trinajstić information content (AvgIpc) is 2.63. The number of hydrogen-bond donors (Lipinski definition) is 0. The van der Waals surface area contributed by atoms with E-state index in [1.165, 1.54) is 11.1 Å². The summed E-state index contributed by atoms with van der Waals surface area (Å²) in [7, 11) is 1.78. The average molecular weight is 324 g/mol. The van der Waals surface area contributed by atoms with Crippen molar-refractivity contribution in [3.63, 3.8) is 0 Å². The second-order valence-corrected chi connectivity index (χ2v) is 6.20. The van der Waals surface area contributed by atoms with Gasteiger partial charge < -0.3 is 9.47 Å². The first-order chi connectivity index (χ1) is 11.8. The Morgan fingerprint density at radius 1 is 0.958 bits per heavy atom. The van der Waals surface area contributed by atoms with E-state index in [1.54, 1.807) is 7.11 Å². The molecule has 1 unspecified atom stereocenters. The Balaban J connectivity index is 1.86. The third kappa shape index (κ3) is 5.95. The van der Waals surface area contributed by atoms with Gasteiger partial charge in [0.05, 0.1) is 18.8 Å². The number of hydrogen-bond acceptors (Lipinski definition) is 2. The lowest BCUT2D eigenvalue weighted by atomic mass is 9.92. The summed E-state index contributed by atoms with van der Waals surface area (Å²) in [6.45, 7) is 5.09. The maximum atomic E-state index is 5.96. The van der Waals surface area contributed by atoms with E-state index in [0.717, 1.165) is 25.7 Å². The monoisotopic (exact) mass is 324 g/mol. The van der Waals surface area contributed by atoms with Crippen molar-refractivity contribution in [2.24, 2.45) is 0 Å². The van der Waals surface area contributed by atoms with Crippen LogP contribution in [0.1, 0.15) is 30.4 Å². The minimum Gasteiger partial charge on any atom is -0.376 e. The topological polar surface area (TPSA) is 18.5 Å². The molecule has 0 heterocycles. The van der Waals surface area contributed by atoms with E-state index in [4.69, 9.17) is 9.47 Å². The molecule has 0 aliphatic carbocycles. The van der Waals surface area contributed by atoms with E-state index < -0.39 is 0 Å². The third-order valence-electron chi connectivity index (χ3n) is 4.37. The normalized spacial score (nSPS) is 13.4. The van der Waals surface area contributed by atoms with Crippen LogP contribution < -0.4 is 0 Å². The van der Waals surface area contributed by atoms with Crippen molar-refractivity contribution in [2.45, 2.75) is 37.9 Å². The SMILES string of the molecule is C=CCC(CCCc1ccccc1)(COCc1ccccc1)OC. The molecule has 0 aliphatic heterocycles. The highest BCUT2D eigenvalue weighted by atomic mass is 16.5. The number of rotatable bonds is 11. The highest BCUT2D eigenvalue weighted by molar-refractivity contribution is 5.15. The van der Waals surface area contributed by atoms with Crippen molar-refractivity contribution < 1.29 is 9.47 Å². The highest BCUT2D eigenvalue weighted by Crippen LogP contribution is 2.25. The van der Waals surface area contributed by atoms with Gasteiger partial charge in [-0.15, -0.1) is 6.58 Å². The Morgan fingerprint density at radius 3 is 2.17 bits per heavy atom. The van der Waals surface area contributed by atoms with Crippen LogP contribution in [-0.2, 0) is 22.5 Å². The molecular weight excluding hydrogens is 296 g/mol. The molecule has 0 fully saturated rings. The quantitative estimate of drug-likeness (QED) is 0.530. The van der Waals surface area contributed by atoms with E-state index in [2.05, 4.69) is 49.0 Å². The van der Waals surface area contributed by atoms with Gasteiger partial charge in [0.25, 0.3) is 0 Å². The molecule has 128 valence electrons. The number of aryl methyl sites for hydroxylation is 1. The van der Waals surface area contributed by atoms with E-state index in [0.29, 0.717) is 13.2 Å². The lowest BCUT2D eigenvalue weighted by Gasteiger charge is -2.31. The number of methoxy groups -OCH3 is 1. The molecule has 0 spiro atoms. The molecular formula is C22H28O2. The summed E-state index contributed by atoms with van der Waals surface area (Å²) in [6.07, 6.45) is 5.81. The third-order valence-corrected chi connectivity index (χ3v) is 4.37. The van der Waals surface area contributed by atoms with Crippen molar-refractivity contribution in [2.75, 3.05) is 13.7 Å². The zero-order valence-electron chi connectivity index (χ0n) is 14.6. The molecule has 0 N–H and O–H groups in total. The molecule has 1 atom stereocenters. The Labute approximate surface area is 146 Å². The zero-order chi connectivity index (χ0) is 17.1. The molecule has 2 aromatic rings. The fourth-order valence-electron chi connectivity index (χ4n) is 2.93. The van der Waals surface area contributed by atoms with Gasteiger partial charge in [-0.2, -0.15) is 0 Å². The maximum absolute atomic E-state index is 5.96. The predicted octanol–water partition coefficient (Wildman–Crippen LogP) is 5.19. The smallest absolute Gasteiger partial charge is 0.0945 e. The Bertz CT molecular complexity index is 532. The summed E-state index contributed by atoms with van der Waals surface area (Å²) >= 11 is 0. The van der Waals surface area contributed by atoms with E-state index >= 15 is 0 Å². The lowest BCUT2D eigenvalue weighted by Crippen LogP contribution is -2.36. The predicted molar refractivity (Wildman–Crippen MR) is 100 cm³/mol. The van der Waals surface area contributed by atoms with Crippen LogP contribution in [0.4, 0.5) is 0 Å². The van der Waals surface area contributed by atoms with Gasteiger partial charge in [-0.25, -0.2) is 0 Å². The van der Waals surface area contributed by atoms with Crippen LogP contribution in [0.5, 0.6) is 0 Å². The van der Waals surface area contributed by atoms with Crippen LogP contribution in [0.15, 0.2) is 73.3 Å². The Morgan fingerprint density at radius 2 is 1.58 bits per heavy atom. The second-order valence-electron chi connectivity index (χ2n) is 6.20. The molecule has 2 heteroatoms. The summed E-state index contributed by atoms with van der Waals surface area (Å²) in [6, 6.07) is 20.8. The number of benzene rings is 2. The van der Waals surface area contributed by atoms with Gasteiger partial charge in [0.2, 0.25) is 0 Å². The molecule has 0 amide bonds. The summed E-state index contributed by atoms with van der Waals surface area (Å²) in [5, 5.41) is 0. The van der Waals surface area contributed by atoms with Gasteiger partial charge in [-0.3, -0.25) is 0 Å². The Kier molecular flexibility index (Phi) is 7.73. The summed E-state index contributed by atoms with van der Waals surface area (Å²) in [5.41, 5.74) is 2.27. The van der Waals surface area contributed by atoms with Gasteiger partial charge in [-0.05, 0) is 36.8 Å². The van der Waals surface area contributed by atoms with Gasteiger partial charge in [-0.1, -0.05) is 66.7 Å². The summed E-state index contributed by atoms with van der Waals surface area (Å²) < 4.78 is 11.8. The van der Waals surface area contributed by atoms with E-state index in [9.17, 15) is 0 Å². The van der Waals surface area contributed by atoms with Gasteiger partial charge in [0.15, 0.2) is 0 Å². The van der Waals surface area contributed by atoms with Crippen LogP contribution in [0.25, 0.3) is 0 Å². The van der Waals surface area contributed by atoms with Crippen molar-refractivity contribution in [3.8, 4) is 0 Å². The summed E-state index contributed by atoms with van der Waals surface area (Å²) in [4.78, 5) is 0. The molecule has 2 nitrogen and oxygen atoms in total. The zero-order valence-corrected chi connectivity index (χ0v) is 14.6. The number of ether oxygens (including phenoxy) is 2. The minimum absolute atomic E-state index is 0.286. The van der Waals surface area contributed by atoms with Gasteiger partial charge >= 0.3 is 0 Å². The van der Waals surface area contributed by atoms with Crippen LogP contribution in [0, 0.1) is 0 Å². The van der Waals surface area contributed by atoms with Gasteiger partial charge in [0, 0.05) is 7.11 Å². The molecule has 0 aromatic heterocycles. The molecule has 0 aliphatic rings. The maximum Gasteiger partial charge on any atom is 0.0945 e. The molecule has 0 bridgehead atoms. The van der Waals surface area contributed by atoms with Crippen LogP contribution in [0.3, 0.4) is 0 Å². The van der Waals surface area contributed by atoms with Crippen molar-refractivity contribution in [3.05, 3.63) is 84.4 Å². The second kappa shape index (κ2) is 10.1. The van der Waals surface area contributed by atoms with Crippen molar-refractivity contribution >= 4 is 0 Å². The first kappa shape index (κ1) is 18.4. The Hall–Kier alpha value is -1.90. The van der Waals surface area contributed by atoms with Gasteiger partial charge in [0.1, 0.15) is 0 Å². The fourth-order valence-corrected chi connectivity index (χ4v) is 2.93. The van der Waals surface area contributed by atoms with E-state index in [1.807, 2.05) is 24.3 Å². The van der Waals surface area contributed by atoms with Crippen LogP contribution in [-0.4, -0.2) is 19.3 Å².